The van der Waals surface area contributed by atoms with Gasteiger partial charge in [-0.15, -0.1) is 0 Å². The molecule has 5 heteroatoms. The molecular formula is C23H28N2O3. The highest BCUT2D eigenvalue weighted by Crippen LogP contribution is 2.60. The Morgan fingerprint density at radius 3 is 2.71 bits per heavy atom. The number of aromatic amines is 1. The number of ether oxygens (including phenoxy) is 1. The van der Waals surface area contributed by atoms with Crippen LogP contribution >= 0.6 is 0 Å². The highest BCUT2D eigenvalue weighted by Gasteiger charge is 2.61. The zero-order valence-electron chi connectivity index (χ0n) is 17.3. The van der Waals surface area contributed by atoms with Gasteiger partial charge in [0.1, 0.15) is 0 Å². The van der Waals surface area contributed by atoms with E-state index in [2.05, 4.69) is 38.8 Å². The first-order chi connectivity index (χ1) is 13.2. The normalized spacial score (nSPS) is 22.5. The van der Waals surface area contributed by atoms with Gasteiger partial charge in [-0.3, -0.25) is 4.79 Å². The number of benzene rings is 1. The Balaban J connectivity index is 1.61. The number of rotatable bonds is 3. The molecule has 2 atom stereocenters. The summed E-state index contributed by atoms with van der Waals surface area (Å²) in [6.45, 7) is 9.87. The number of hydrogen-bond acceptors (Lipinski definition) is 3. The van der Waals surface area contributed by atoms with Crippen molar-refractivity contribution in [2.45, 2.75) is 40.7 Å². The second-order valence-corrected chi connectivity index (χ2v) is 8.91. The molecular weight excluding hydrogens is 352 g/mol. The van der Waals surface area contributed by atoms with Gasteiger partial charge in [0.2, 0.25) is 5.91 Å². The van der Waals surface area contributed by atoms with Crippen LogP contribution in [-0.2, 0) is 22.5 Å². The predicted molar refractivity (Wildman–Crippen MR) is 109 cm³/mol. The van der Waals surface area contributed by atoms with E-state index in [0.717, 1.165) is 35.1 Å². The third-order valence-corrected chi connectivity index (χ3v) is 6.40. The van der Waals surface area contributed by atoms with Crippen LogP contribution in [-0.4, -0.2) is 35.4 Å². The van der Waals surface area contributed by atoms with Crippen molar-refractivity contribution in [3.8, 4) is 0 Å². The number of nitrogens with zero attached hydrogens (tertiary/aromatic N) is 1. The number of fused-ring (bicyclic) bond motifs is 3. The quantitative estimate of drug-likeness (QED) is 0.645. The standard InChI is InChI=1S/C23H28N2O3/c1-13(2)10-17-20(23(17,3)4)21(26)25-9-8-19-16(12-25)15-11-14(22(27)28-5)6-7-18(15)24-19/h6-7,10-11,17,20,24H,8-9,12H2,1-5H3/t17-,20+/m0/s1. The first-order valence-electron chi connectivity index (χ1n) is 9.89. The lowest BCUT2D eigenvalue weighted by Gasteiger charge is -2.28. The largest absolute Gasteiger partial charge is 0.465 e. The number of carbonyl (C=O) groups is 2. The number of esters is 1. The van der Waals surface area contributed by atoms with Gasteiger partial charge in [-0.25, -0.2) is 4.79 Å². The lowest BCUT2D eigenvalue weighted by Crippen LogP contribution is -2.37. The predicted octanol–water partition coefficient (Wildman–Crippen LogP) is 4.08. The second-order valence-electron chi connectivity index (χ2n) is 8.91. The van der Waals surface area contributed by atoms with Gasteiger partial charge >= 0.3 is 5.97 Å². The van der Waals surface area contributed by atoms with Crippen molar-refractivity contribution in [3.63, 3.8) is 0 Å². The lowest BCUT2D eigenvalue weighted by molar-refractivity contribution is -0.134. The van der Waals surface area contributed by atoms with Crippen LogP contribution in [0.5, 0.6) is 0 Å². The number of H-pyrrole nitrogens is 1. The van der Waals surface area contributed by atoms with Crippen LogP contribution in [0.25, 0.3) is 10.9 Å². The van der Waals surface area contributed by atoms with Gasteiger partial charge < -0.3 is 14.6 Å². The average Bonchev–Trinajstić information content (AvgIpc) is 3.01. The SMILES string of the molecule is COC(=O)c1ccc2[nH]c3c(c2c1)CN(C(=O)[C@H]1[C@H](C=C(C)C)C1(C)C)CC3. The monoisotopic (exact) mass is 380 g/mol. The molecule has 1 amide bonds. The number of nitrogens with one attached hydrogen (secondary N) is 1. The summed E-state index contributed by atoms with van der Waals surface area (Å²) in [6.07, 6.45) is 3.05. The summed E-state index contributed by atoms with van der Waals surface area (Å²) in [5.41, 5.74) is 5.11. The van der Waals surface area contributed by atoms with Crippen LogP contribution in [0.3, 0.4) is 0 Å². The van der Waals surface area contributed by atoms with E-state index in [4.69, 9.17) is 4.74 Å². The maximum Gasteiger partial charge on any atom is 0.337 e. The number of aromatic nitrogens is 1. The molecule has 1 fully saturated rings. The van der Waals surface area contributed by atoms with Crippen molar-refractivity contribution in [2.24, 2.45) is 17.3 Å². The van der Waals surface area contributed by atoms with Crippen LogP contribution in [0.1, 0.15) is 49.3 Å². The van der Waals surface area contributed by atoms with E-state index >= 15 is 0 Å². The van der Waals surface area contributed by atoms with Crippen LogP contribution in [0.4, 0.5) is 0 Å². The fraction of sp³-hybridized carbons (Fsp3) is 0.478. The molecule has 0 spiro atoms. The minimum atomic E-state index is -0.343. The van der Waals surface area contributed by atoms with Crippen molar-refractivity contribution in [1.29, 1.82) is 0 Å². The fourth-order valence-electron chi connectivity index (χ4n) is 4.66. The van der Waals surface area contributed by atoms with E-state index in [-0.39, 0.29) is 23.2 Å². The Hall–Kier alpha value is -2.56. The minimum Gasteiger partial charge on any atom is -0.465 e. The Labute approximate surface area is 165 Å². The first-order valence-corrected chi connectivity index (χ1v) is 9.89. The lowest BCUT2D eigenvalue weighted by atomic mass is 10.0. The summed E-state index contributed by atoms with van der Waals surface area (Å²) in [5.74, 6) is 0.279. The molecule has 1 N–H and O–H groups in total. The van der Waals surface area contributed by atoms with E-state index in [9.17, 15) is 9.59 Å². The number of allylic oxidation sites excluding steroid dienone is 2. The molecule has 1 aromatic heterocycles. The summed E-state index contributed by atoms with van der Waals surface area (Å²) in [7, 11) is 1.39. The zero-order chi connectivity index (χ0) is 20.2. The van der Waals surface area contributed by atoms with Crippen LogP contribution in [0.15, 0.2) is 29.8 Å². The Kier molecular flexibility index (Phi) is 4.36. The molecule has 0 bridgehead atoms. The van der Waals surface area contributed by atoms with Gasteiger partial charge in [0.25, 0.3) is 0 Å². The molecule has 1 aliphatic heterocycles. The molecule has 0 saturated heterocycles. The summed E-state index contributed by atoms with van der Waals surface area (Å²) in [4.78, 5) is 30.6. The first kappa shape index (κ1) is 18.8. The maximum absolute atomic E-state index is 13.3. The molecule has 0 radical (unpaired) electrons. The Morgan fingerprint density at radius 2 is 2.04 bits per heavy atom. The number of carbonyl (C=O) groups excluding carboxylic acids is 2. The molecule has 5 nitrogen and oxygen atoms in total. The second kappa shape index (κ2) is 6.50. The summed E-state index contributed by atoms with van der Waals surface area (Å²) >= 11 is 0. The molecule has 0 unspecified atom stereocenters. The molecule has 148 valence electrons. The van der Waals surface area contributed by atoms with E-state index in [0.29, 0.717) is 18.0 Å². The van der Waals surface area contributed by atoms with Gasteiger partial charge in [0, 0.05) is 41.7 Å². The maximum atomic E-state index is 13.3. The molecule has 1 aromatic carbocycles. The van der Waals surface area contributed by atoms with Crippen molar-refractivity contribution in [2.75, 3.05) is 13.7 Å². The van der Waals surface area contributed by atoms with Crippen molar-refractivity contribution in [3.05, 3.63) is 46.7 Å². The van der Waals surface area contributed by atoms with E-state index in [1.165, 1.54) is 12.7 Å². The van der Waals surface area contributed by atoms with Gasteiger partial charge in [-0.05, 0) is 43.4 Å². The molecule has 28 heavy (non-hydrogen) atoms. The highest BCUT2D eigenvalue weighted by molar-refractivity contribution is 5.96. The van der Waals surface area contributed by atoms with Gasteiger partial charge in [-0.1, -0.05) is 25.5 Å². The summed E-state index contributed by atoms with van der Waals surface area (Å²) in [6, 6.07) is 5.56. The van der Waals surface area contributed by atoms with Crippen LogP contribution in [0, 0.1) is 17.3 Å². The van der Waals surface area contributed by atoms with Crippen molar-refractivity contribution >= 4 is 22.8 Å². The number of amides is 1. The zero-order valence-corrected chi connectivity index (χ0v) is 17.3. The van der Waals surface area contributed by atoms with Gasteiger partial charge in [-0.2, -0.15) is 0 Å². The highest BCUT2D eigenvalue weighted by atomic mass is 16.5. The van der Waals surface area contributed by atoms with E-state index < -0.39 is 0 Å². The molecule has 2 aromatic rings. The average molecular weight is 380 g/mol. The Bertz CT molecular complexity index is 995. The Morgan fingerprint density at radius 1 is 1.29 bits per heavy atom. The van der Waals surface area contributed by atoms with Crippen molar-refractivity contribution in [1.82, 2.24) is 9.88 Å². The third-order valence-electron chi connectivity index (χ3n) is 6.40. The minimum absolute atomic E-state index is 0.0207. The molecule has 1 saturated carbocycles. The molecule has 1 aliphatic carbocycles. The van der Waals surface area contributed by atoms with Gasteiger partial charge in [0.05, 0.1) is 18.6 Å². The van der Waals surface area contributed by atoms with Crippen LogP contribution in [0.2, 0.25) is 0 Å². The van der Waals surface area contributed by atoms with Gasteiger partial charge in [0.15, 0.2) is 0 Å². The summed E-state index contributed by atoms with van der Waals surface area (Å²) < 4.78 is 4.85. The summed E-state index contributed by atoms with van der Waals surface area (Å²) in [5, 5.41) is 1.01. The number of methoxy groups -OCH3 is 1. The third kappa shape index (κ3) is 2.93. The molecule has 2 heterocycles. The molecule has 4 rings (SSSR count). The number of hydrogen-bond donors (Lipinski definition) is 1. The van der Waals surface area contributed by atoms with Crippen molar-refractivity contribution < 1.29 is 14.3 Å². The smallest absolute Gasteiger partial charge is 0.337 e. The van der Waals surface area contributed by atoms with Crippen LogP contribution < -0.4 is 0 Å². The van der Waals surface area contributed by atoms with E-state index in [1.807, 2.05) is 17.0 Å². The topological polar surface area (TPSA) is 62.4 Å². The van der Waals surface area contributed by atoms with E-state index in [1.54, 1.807) is 6.07 Å². The fourth-order valence-corrected chi connectivity index (χ4v) is 4.66. The molecule has 2 aliphatic rings.